The zero-order valence-corrected chi connectivity index (χ0v) is 20.7. The number of fused-ring (bicyclic) bond motifs is 2. The maximum atomic E-state index is 2.21. The fraction of sp³-hybridized carbons (Fsp3) is 0.100. The second-order valence-electron chi connectivity index (χ2n) is 4.89. The number of hydrogen-bond acceptors (Lipinski definition) is 0. The first-order chi connectivity index (χ1) is 10.3. The third-order valence-electron chi connectivity index (χ3n) is 3.10. The molecule has 0 nitrogen and oxygen atoms in total. The predicted molar refractivity (Wildman–Crippen MR) is 98.0 cm³/mol. The van der Waals surface area contributed by atoms with Gasteiger partial charge in [0.25, 0.3) is 0 Å². The maximum Gasteiger partial charge on any atom is 4.00 e. The SMILES string of the molecule is C[SiH]C.[Cl-].[Cl-].[U+4].c1ccc2[cH-]ccc2c1.c1ccc2[cH-]ccc2c1. The van der Waals surface area contributed by atoms with E-state index in [2.05, 4.69) is 98.0 Å². The normalized spacial score (nSPS) is 8.42. The van der Waals surface area contributed by atoms with Gasteiger partial charge in [-0.2, -0.15) is 35.0 Å². The van der Waals surface area contributed by atoms with E-state index in [0.29, 0.717) is 0 Å². The van der Waals surface area contributed by atoms with Crippen LogP contribution in [0, 0.1) is 31.1 Å². The topological polar surface area (TPSA) is 0 Å². The molecule has 1 radical (unpaired) electrons. The molecule has 4 aromatic rings. The van der Waals surface area contributed by atoms with Crippen LogP contribution in [-0.4, -0.2) is 9.52 Å². The summed E-state index contributed by atoms with van der Waals surface area (Å²) in [6, 6.07) is 29.3. The van der Waals surface area contributed by atoms with E-state index >= 15 is 0 Å². The standard InChI is InChI=1S/2C9H7.C2H7Si.2ClH.U/c2*1-2-5-9-7-3-6-8(9)4-1;1-3-2;;;/h2*1-7H;3H,1-2H3;2*1H;/q2*-1;;;;+4/p-2. The Balaban J connectivity index is 0. The molecular formula is C20H21Cl2SiU. The monoisotopic (exact) mass is 597 g/mol. The van der Waals surface area contributed by atoms with Crippen LogP contribution in [0.4, 0.5) is 0 Å². The van der Waals surface area contributed by atoms with Crippen molar-refractivity contribution in [2.45, 2.75) is 13.1 Å². The minimum Gasteiger partial charge on any atom is -1.00 e. The Morgan fingerprint density at radius 2 is 0.958 bits per heavy atom. The predicted octanol–water partition coefficient (Wildman–Crippen LogP) is -0.355. The van der Waals surface area contributed by atoms with E-state index in [1.807, 2.05) is 0 Å². The summed E-state index contributed by atoms with van der Waals surface area (Å²) in [5.41, 5.74) is 0. The second-order valence-corrected chi connectivity index (χ2v) is 6.04. The Bertz CT molecular complexity index is 651. The van der Waals surface area contributed by atoms with Crippen LogP contribution < -0.4 is 24.8 Å². The van der Waals surface area contributed by atoms with Crippen LogP contribution in [0.25, 0.3) is 21.5 Å². The van der Waals surface area contributed by atoms with Gasteiger partial charge in [-0.3, -0.25) is 0 Å². The molecular weight excluding hydrogens is 577 g/mol. The average Bonchev–Trinajstić information content (AvgIpc) is 3.17. The van der Waals surface area contributed by atoms with E-state index in [1.165, 1.54) is 21.5 Å². The quantitative estimate of drug-likeness (QED) is 0.192. The summed E-state index contributed by atoms with van der Waals surface area (Å²) in [6.45, 7) is 4.42. The molecule has 0 saturated carbocycles. The molecule has 0 aliphatic rings. The van der Waals surface area contributed by atoms with Crippen molar-refractivity contribution in [3.63, 3.8) is 0 Å². The summed E-state index contributed by atoms with van der Waals surface area (Å²) >= 11 is 0. The molecule has 0 heterocycles. The van der Waals surface area contributed by atoms with Crippen molar-refractivity contribution in [1.29, 1.82) is 0 Å². The van der Waals surface area contributed by atoms with Gasteiger partial charge in [0.2, 0.25) is 0 Å². The van der Waals surface area contributed by atoms with Crippen molar-refractivity contribution >= 4 is 31.1 Å². The van der Waals surface area contributed by atoms with E-state index in [4.69, 9.17) is 0 Å². The van der Waals surface area contributed by atoms with Crippen molar-refractivity contribution in [1.82, 2.24) is 0 Å². The van der Waals surface area contributed by atoms with Crippen molar-refractivity contribution < 1.29 is 55.9 Å². The van der Waals surface area contributed by atoms with Gasteiger partial charge in [-0.25, -0.2) is 0 Å². The van der Waals surface area contributed by atoms with Crippen LogP contribution >= 0.6 is 0 Å². The number of halogens is 2. The van der Waals surface area contributed by atoms with E-state index < -0.39 is 0 Å². The number of benzene rings is 2. The molecule has 4 rings (SSSR count). The second kappa shape index (κ2) is 14.8. The largest absolute Gasteiger partial charge is 4.00 e. The molecule has 0 N–H and O–H groups in total. The molecule has 0 amide bonds. The molecule has 24 heavy (non-hydrogen) atoms. The Hall–Kier alpha value is -0.491. The molecule has 0 saturated heterocycles. The molecule has 0 aromatic heterocycles. The van der Waals surface area contributed by atoms with Crippen LogP contribution in [0.5, 0.6) is 0 Å². The first kappa shape index (κ1) is 25.7. The molecule has 0 fully saturated rings. The zero-order chi connectivity index (χ0) is 14.9. The zero-order valence-electron chi connectivity index (χ0n) is 13.9. The first-order valence-electron chi connectivity index (χ1n) is 7.30. The summed E-state index contributed by atoms with van der Waals surface area (Å²) < 4.78 is 0. The fourth-order valence-corrected chi connectivity index (χ4v) is 2.14. The molecule has 0 spiro atoms. The van der Waals surface area contributed by atoms with Crippen LogP contribution in [-0.2, 0) is 0 Å². The third-order valence-corrected chi connectivity index (χ3v) is 3.10. The summed E-state index contributed by atoms with van der Waals surface area (Å²) in [5, 5.41) is 5.32. The van der Waals surface area contributed by atoms with Crippen LogP contribution in [0.3, 0.4) is 0 Å². The van der Waals surface area contributed by atoms with Gasteiger partial charge in [0, 0.05) is 9.52 Å². The van der Waals surface area contributed by atoms with Gasteiger partial charge in [0.05, 0.1) is 0 Å². The fourth-order valence-electron chi connectivity index (χ4n) is 2.14. The molecule has 0 aliphatic carbocycles. The Morgan fingerprint density at radius 1 is 0.625 bits per heavy atom. The Labute approximate surface area is 183 Å². The van der Waals surface area contributed by atoms with Gasteiger partial charge in [-0.15, -0.1) is 59.3 Å². The summed E-state index contributed by atoms with van der Waals surface area (Å²) in [6.07, 6.45) is 0. The molecule has 4 heteroatoms. The van der Waals surface area contributed by atoms with Gasteiger partial charge in [-0.1, -0.05) is 25.2 Å². The van der Waals surface area contributed by atoms with Crippen molar-refractivity contribution in [3.05, 3.63) is 84.9 Å². The molecule has 0 bridgehead atoms. The Morgan fingerprint density at radius 3 is 1.29 bits per heavy atom. The average molecular weight is 598 g/mol. The van der Waals surface area contributed by atoms with Crippen LogP contribution in [0.1, 0.15) is 0 Å². The van der Waals surface area contributed by atoms with E-state index in [0.717, 1.165) is 9.52 Å². The first-order valence-corrected chi connectivity index (χ1v) is 9.61. The van der Waals surface area contributed by atoms with Crippen molar-refractivity contribution in [2.75, 3.05) is 0 Å². The van der Waals surface area contributed by atoms with E-state index in [9.17, 15) is 0 Å². The molecule has 0 atom stereocenters. The van der Waals surface area contributed by atoms with Gasteiger partial charge >= 0.3 is 31.1 Å². The van der Waals surface area contributed by atoms with Gasteiger partial charge in [0.1, 0.15) is 0 Å². The maximum absolute atomic E-state index is 2.21. The smallest absolute Gasteiger partial charge is 1.00 e. The molecule has 0 unspecified atom stereocenters. The minimum atomic E-state index is 0. The summed E-state index contributed by atoms with van der Waals surface area (Å²) in [5.74, 6) is 0. The van der Waals surface area contributed by atoms with Crippen molar-refractivity contribution in [3.8, 4) is 0 Å². The third kappa shape index (κ3) is 8.06. The minimum absolute atomic E-state index is 0. The summed E-state index contributed by atoms with van der Waals surface area (Å²) in [4.78, 5) is 0. The van der Waals surface area contributed by atoms with Crippen LogP contribution in [0.15, 0.2) is 84.9 Å². The van der Waals surface area contributed by atoms with Gasteiger partial charge < -0.3 is 24.8 Å². The van der Waals surface area contributed by atoms with Crippen molar-refractivity contribution in [2.24, 2.45) is 0 Å². The number of rotatable bonds is 0. The molecule has 123 valence electrons. The number of hydrogen-bond donors (Lipinski definition) is 0. The molecule has 4 aromatic carbocycles. The Kier molecular flexibility index (Phi) is 15.9. The van der Waals surface area contributed by atoms with Gasteiger partial charge in [0.15, 0.2) is 0 Å². The summed E-state index contributed by atoms with van der Waals surface area (Å²) in [7, 11) is 0.750. The van der Waals surface area contributed by atoms with Gasteiger partial charge in [-0.05, 0) is 0 Å². The van der Waals surface area contributed by atoms with E-state index in [-0.39, 0.29) is 55.9 Å². The van der Waals surface area contributed by atoms with Crippen LogP contribution in [0.2, 0.25) is 13.1 Å². The molecule has 0 aliphatic heterocycles. The van der Waals surface area contributed by atoms with E-state index in [1.54, 1.807) is 0 Å².